The van der Waals surface area contributed by atoms with Crippen LogP contribution in [0, 0.1) is 0 Å². The summed E-state index contributed by atoms with van der Waals surface area (Å²) in [6, 6.07) is 7.41. The normalized spacial score (nSPS) is 16.3. The molecular weight excluding hydrogens is 380 g/mol. The first-order valence-corrected chi connectivity index (χ1v) is 8.86. The van der Waals surface area contributed by atoms with Gasteiger partial charge in [-0.25, -0.2) is 0 Å². The number of benzene rings is 1. The van der Waals surface area contributed by atoms with E-state index in [1.807, 2.05) is 38.1 Å². The lowest BCUT2D eigenvalue weighted by Crippen LogP contribution is -2.41. The SMILES string of the molecule is CCN(CC)C(=O)CN1C(=O)SC(=Cc2ccc(Br)cc2)C1=O. The van der Waals surface area contributed by atoms with E-state index in [1.54, 1.807) is 11.0 Å². The lowest BCUT2D eigenvalue weighted by atomic mass is 10.2. The van der Waals surface area contributed by atoms with E-state index in [1.165, 1.54) is 0 Å². The predicted octanol–water partition coefficient (Wildman–Crippen LogP) is 3.35. The Balaban J connectivity index is 2.13. The van der Waals surface area contributed by atoms with Gasteiger partial charge in [-0.2, -0.15) is 0 Å². The molecule has 3 amide bonds. The first-order valence-electron chi connectivity index (χ1n) is 7.25. The molecule has 5 nitrogen and oxygen atoms in total. The highest BCUT2D eigenvalue weighted by Gasteiger charge is 2.36. The second-order valence-electron chi connectivity index (χ2n) is 4.89. The van der Waals surface area contributed by atoms with E-state index in [0.717, 1.165) is 26.7 Å². The van der Waals surface area contributed by atoms with Gasteiger partial charge < -0.3 is 4.90 Å². The molecule has 2 rings (SSSR count). The number of likely N-dealkylation sites (N-methyl/N-ethyl adjacent to an activating group) is 1. The summed E-state index contributed by atoms with van der Waals surface area (Å²) >= 11 is 4.21. The standard InChI is InChI=1S/C16H17BrN2O3S/c1-3-18(4-2)14(20)10-19-15(21)13(23-16(19)22)9-11-5-7-12(17)8-6-11/h5-9H,3-4,10H2,1-2H3. The quantitative estimate of drug-likeness (QED) is 0.715. The van der Waals surface area contributed by atoms with Crippen LogP contribution in [0.1, 0.15) is 19.4 Å². The number of amides is 3. The van der Waals surface area contributed by atoms with Crippen molar-refractivity contribution in [1.82, 2.24) is 9.80 Å². The van der Waals surface area contributed by atoms with Crippen molar-refractivity contribution >= 4 is 50.8 Å². The summed E-state index contributed by atoms with van der Waals surface area (Å²) in [5.41, 5.74) is 0.828. The van der Waals surface area contributed by atoms with Gasteiger partial charge in [-0.1, -0.05) is 28.1 Å². The molecule has 0 aliphatic carbocycles. The van der Waals surface area contributed by atoms with Crippen LogP contribution >= 0.6 is 27.7 Å². The number of hydrogen-bond donors (Lipinski definition) is 0. The summed E-state index contributed by atoms with van der Waals surface area (Å²) in [5.74, 6) is -0.634. The van der Waals surface area contributed by atoms with Crippen molar-refractivity contribution in [3.8, 4) is 0 Å². The number of nitrogens with zero attached hydrogens (tertiary/aromatic N) is 2. The molecule has 0 aromatic heterocycles. The van der Waals surface area contributed by atoms with Crippen molar-refractivity contribution in [2.24, 2.45) is 0 Å². The maximum Gasteiger partial charge on any atom is 0.294 e. The summed E-state index contributed by atoms with van der Waals surface area (Å²) in [5, 5.41) is -0.404. The van der Waals surface area contributed by atoms with E-state index in [2.05, 4.69) is 15.9 Å². The van der Waals surface area contributed by atoms with Crippen LogP contribution in [0.25, 0.3) is 6.08 Å². The van der Waals surface area contributed by atoms with Gasteiger partial charge in [0, 0.05) is 17.6 Å². The van der Waals surface area contributed by atoms with Crippen LogP contribution in [0.3, 0.4) is 0 Å². The molecule has 1 heterocycles. The highest BCUT2D eigenvalue weighted by Crippen LogP contribution is 2.32. The molecule has 0 radical (unpaired) electrons. The smallest absolute Gasteiger partial charge is 0.294 e. The van der Waals surface area contributed by atoms with Crippen LogP contribution in [0.2, 0.25) is 0 Å². The van der Waals surface area contributed by atoms with Gasteiger partial charge in [0.2, 0.25) is 5.91 Å². The number of carbonyl (C=O) groups excluding carboxylic acids is 3. The number of rotatable bonds is 5. The molecule has 1 aliphatic rings. The van der Waals surface area contributed by atoms with Crippen molar-refractivity contribution in [1.29, 1.82) is 0 Å². The molecule has 7 heteroatoms. The number of thioether (sulfide) groups is 1. The fraction of sp³-hybridized carbons (Fsp3) is 0.312. The maximum atomic E-state index is 12.4. The highest BCUT2D eigenvalue weighted by atomic mass is 79.9. The van der Waals surface area contributed by atoms with Crippen molar-refractivity contribution in [3.05, 3.63) is 39.2 Å². The van der Waals surface area contributed by atoms with E-state index in [4.69, 9.17) is 0 Å². The van der Waals surface area contributed by atoms with Crippen LogP contribution in [0.5, 0.6) is 0 Å². The number of carbonyl (C=O) groups is 3. The molecule has 0 bridgehead atoms. The van der Waals surface area contributed by atoms with Crippen molar-refractivity contribution < 1.29 is 14.4 Å². The second kappa shape index (κ2) is 7.79. The lowest BCUT2D eigenvalue weighted by Gasteiger charge is -2.21. The molecule has 122 valence electrons. The first-order chi connectivity index (χ1) is 11.0. The molecule has 0 saturated carbocycles. The molecule has 1 aromatic rings. The molecule has 0 atom stereocenters. The highest BCUT2D eigenvalue weighted by molar-refractivity contribution is 9.10. The summed E-state index contributed by atoms with van der Waals surface area (Å²) in [6.07, 6.45) is 1.67. The van der Waals surface area contributed by atoms with Gasteiger partial charge in [0.1, 0.15) is 6.54 Å². The largest absolute Gasteiger partial charge is 0.342 e. The topological polar surface area (TPSA) is 57.7 Å². The number of halogens is 1. The summed E-state index contributed by atoms with van der Waals surface area (Å²) in [7, 11) is 0. The Morgan fingerprint density at radius 1 is 1.22 bits per heavy atom. The lowest BCUT2D eigenvalue weighted by molar-refractivity contribution is -0.135. The van der Waals surface area contributed by atoms with E-state index in [-0.39, 0.29) is 12.5 Å². The van der Waals surface area contributed by atoms with Crippen LogP contribution < -0.4 is 0 Å². The monoisotopic (exact) mass is 396 g/mol. The molecule has 1 fully saturated rings. The first kappa shape index (κ1) is 17.7. The minimum atomic E-state index is -0.413. The third kappa shape index (κ3) is 4.23. The Morgan fingerprint density at radius 2 is 1.83 bits per heavy atom. The molecule has 0 unspecified atom stereocenters. The summed E-state index contributed by atoms with van der Waals surface area (Å²) in [6.45, 7) is 4.63. The maximum absolute atomic E-state index is 12.4. The zero-order valence-corrected chi connectivity index (χ0v) is 15.3. The Morgan fingerprint density at radius 3 is 2.39 bits per heavy atom. The Kier molecular flexibility index (Phi) is 6.01. The van der Waals surface area contributed by atoms with Gasteiger partial charge in [0.25, 0.3) is 11.1 Å². The fourth-order valence-electron chi connectivity index (χ4n) is 2.16. The number of hydrogen-bond acceptors (Lipinski definition) is 4. The number of imide groups is 1. The van der Waals surface area contributed by atoms with Crippen LogP contribution in [0.15, 0.2) is 33.6 Å². The third-order valence-electron chi connectivity index (χ3n) is 3.45. The van der Waals surface area contributed by atoms with Crippen molar-refractivity contribution in [2.45, 2.75) is 13.8 Å². The molecule has 1 aliphatic heterocycles. The Labute approximate surface area is 147 Å². The zero-order valence-electron chi connectivity index (χ0n) is 12.9. The van der Waals surface area contributed by atoms with Gasteiger partial charge in [-0.15, -0.1) is 0 Å². The van der Waals surface area contributed by atoms with Gasteiger partial charge in [-0.3, -0.25) is 19.3 Å². The van der Waals surface area contributed by atoms with E-state index < -0.39 is 11.1 Å². The van der Waals surface area contributed by atoms with Crippen LogP contribution in [-0.4, -0.2) is 46.5 Å². The van der Waals surface area contributed by atoms with Crippen LogP contribution in [-0.2, 0) is 9.59 Å². The van der Waals surface area contributed by atoms with E-state index >= 15 is 0 Å². The Hall–Kier alpha value is -1.60. The van der Waals surface area contributed by atoms with E-state index in [9.17, 15) is 14.4 Å². The van der Waals surface area contributed by atoms with E-state index in [0.29, 0.717) is 18.0 Å². The van der Waals surface area contributed by atoms with Crippen molar-refractivity contribution in [3.63, 3.8) is 0 Å². The molecule has 23 heavy (non-hydrogen) atoms. The summed E-state index contributed by atoms with van der Waals surface area (Å²) in [4.78, 5) is 39.4. The van der Waals surface area contributed by atoms with Crippen LogP contribution in [0.4, 0.5) is 4.79 Å². The Bertz CT molecular complexity index is 654. The average Bonchev–Trinajstić information content (AvgIpc) is 2.78. The van der Waals surface area contributed by atoms with Gasteiger partial charge in [0.05, 0.1) is 4.91 Å². The van der Waals surface area contributed by atoms with Crippen molar-refractivity contribution in [2.75, 3.05) is 19.6 Å². The molecular formula is C16H17BrN2O3S. The average molecular weight is 397 g/mol. The molecule has 0 N–H and O–H groups in total. The van der Waals surface area contributed by atoms with Gasteiger partial charge in [-0.05, 0) is 49.4 Å². The summed E-state index contributed by atoms with van der Waals surface area (Å²) < 4.78 is 0.938. The van der Waals surface area contributed by atoms with Gasteiger partial charge in [0.15, 0.2) is 0 Å². The molecule has 1 saturated heterocycles. The molecule has 0 spiro atoms. The minimum Gasteiger partial charge on any atom is -0.342 e. The zero-order chi connectivity index (χ0) is 17.0. The second-order valence-corrected chi connectivity index (χ2v) is 6.79. The van der Waals surface area contributed by atoms with Gasteiger partial charge >= 0.3 is 0 Å². The predicted molar refractivity (Wildman–Crippen MR) is 94.7 cm³/mol. The molecule has 1 aromatic carbocycles. The third-order valence-corrected chi connectivity index (χ3v) is 4.89. The minimum absolute atomic E-state index is 0.204. The fourth-order valence-corrected chi connectivity index (χ4v) is 3.26.